The third kappa shape index (κ3) is 4.14. The van der Waals surface area contributed by atoms with Gasteiger partial charge >= 0.3 is 0 Å². The number of nitrogens with zero attached hydrogens (tertiary/aromatic N) is 4. The largest absolute Gasteiger partial charge is 0.260 e. The highest BCUT2D eigenvalue weighted by molar-refractivity contribution is 7.97. The third-order valence-electron chi connectivity index (χ3n) is 3.14. The molecule has 7 heteroatoms. The van der Waals surface area contributed by atoms with E-state index in [1.807, 2.05) is 24.3 Å². The van der Waals surface area contributed by atoms with Crippen LogP contribution in [0, 0.1) is 5.82 Å². The SMILES string of the molecule is CCNSc1ccc(-c2nnn(Cc3ccc(F)cc3)n2)cc1. The number of tetrazole rings is 1. The first-order valence-electron chi connectivity index (χ1n) is 7.27. The van der Waals surface area contributed by atoms with Crippen molar-refractivity contribution in [3.63, 3.8) is 0 Å². The molecule has 0 fully saturated rings. The van der Waals surface area contributed by atoms with Crippen molar-refractivity contribution in [1.82, 2.24) is 24.9 Å². The Kier molecular flexibility index (Phi) is 4.99. The Morgan fingerprint density at radius 2 is 1.83 bits per heavy atom. The maximum Gasteiger partial charge on any atom is 0.204 e. The summed E-state index contributed by atoms with van der Waals surface area (Å²) in [5.41, 5.74) is 1.84. The second-order valence-electron chi connectivity index (χ2n) is 4.89. The quantitative estimate of drug-likeness (QED) is 0.704. The lowest BCUT2D eigenvalue weighted by Gasteiger charge is -2.01. The highest BCUT2D eigenvalue weighted by Crippen LogP contribution is 2.20. The van der Waals surface area contributed by atoms with Gasteiger partial charge in [0.25, 0.3) is 0 Å². The molecule has 0 unspecified atom stereocenters. The molecule has 0 aliphatic rings. The summed E-state index contributed by atoms with van der Waals surface area (Å²) in [4.78, 5) is 2.64. The van der Waals surface area contributed by atoms with Crippen molar-refractivity contribution in [3.05, 3.63) is 59.9 Å². The molecule has 0 saturated heterocycles. The number of benzene rings is 2. The van der Waals surface area contributed by atoms with E-state index in [0.29, 0.717) is 12.4 Å². The third-order valence-corrected chi connectivity index (χ3v) is 4.08. The van der Waals surface area contributed by atoms with E-state index in [9.17, 15) is 4.39 Å². The van der Waals surface area contributed by atoms with E-state index >= 15 is 0 Å². The fourth-order valence-electron chi connectivity index (χ4n) is 2.01. The van der Waals surface area contributed by atoms with Crippen LogP contribution >= 0.6 is 11.9 Å². The Morgan fingerprint density at radius 3 is 2.52 bits per heavy atom. The molecule has 118 valence electrons. The van der Waals surface area contributed by atoms with E-state index in [1.165, 1.54) is 16.9 Å². The minimum Gasteiger partial charge on any atom is -0.260 e. The molecule has 0 spiro atoms. The minimum absolute atomic E-state index is 0.253. The smallest absolute Gasteiger partial charge is 0.204 e. The first-order chi connectivity index (χ1) is 11.2. The summed E-state index contributed by atoms with van der Waals surface area (Å²) >= 11 is 1.59. The maximum atomic E-state index is 12.9. The van der Waals surface area contributed by atoms with Gasteiger partial charge in [-0.25, -0.2) is 4.39 Å². The van der Waals surface area contributed by atoms with Gasteiger partial charge in [0.05, 0.1) is 6.54 Å². The molecule has 1 heterocycles. The first kappa shape index (κ1) is 15.6. The lowest BCUT2D eigenvalue weighted by Crippen LogP contribution is -2.04. The predicted octanol–water partition coefficient (Wildman–Crippen LogP) is 3.14. The van der Waals surface area contributed by atoms with Crippen LogP contribution in [0.3, 0.4) is 0 Å². The number of halogens is 1. The topological polar surface area (TPSA) is 55.6 Å². The van der Waals surface area contributed by atoms with Crippen LogP contribution in [0.2, 0.25) is 0 Å². The molecule has 1 aromatic heterocycles. The van der Waals surface area contributed by atoms with Crippen molar-refractivity contribution in [1.29, 1.82) is 0 Å². The average molecular weight is 329 g/mol. The van der Waals surface area contributed by atoms with Crippen molar-refractivity contribution >= 4 is 11.9 Å². The predicted molar refractivity (Wildman–Crippen MR) is 88.3 cm³/mol. The summed E-state index contributed by atoms with van der Waals surface area (Å²) in [5, 5.41) is 12.5. The van der Waals surface area contributed by atoms with E-state index in [0.717, 1.165) is 22.6 Å². The zero-order chi connectivity index (χ0) is 16.1. The Balaban J connectivity index is 1.69. The van der Waals surface area contributed by atoms with Gasteiger partial charge in [0, 0.05) is 17.0 Å². The van der Waals surface area contributed by atoms with Crippen LogP contribution in [-0.4, -0.2) is 26.8 Å². The van der Waals surface area contributed by atoms with Crippen LogP contribution in [0.4, 0.5) is 4.39 Å². The molecule has 0 aliphatic heterocycles. The first-order valence-corrected chi connectivity index (χ1v) is 8.08. The number of hydrogen-bond acceptors (Lipinski definition) is 5. The van der Waals surface area contributed by atoms with Crippen LogP contribution in [-0.2, 0) is 6.54 Å². The summed E-state index contributed by atoms with van der Waals surface area (Å²) in [5.74, 6) is 0.323. The number of nitrogens with one attached hydrogen (secondary N) is 1. The summed E-state index contributed by atoms with van der Waals surface area (Å²) in [6.45, 7) is 3.43. The van der Waals surface area contributed by atoms with Crippen molar-refractivity contribution in [2.45, 2.75) is 18.4 Å². The molecule has 0 radical (unpaired) electrons. The monoisotopic (exact) mass is 329 g/mol. The second kappa shape index (κ2) is 7.34. The number of aromatic nitrogens is 4. The summed E-state index contributed by atoms with van der Waals surface area (Å²) in [6, 6.07) is 14.3. The highest BCUT2D eigenvalue weighted by atomic mass is 32.2. The fourth-order valence-corrected chi connectivity index (χ4v) is 2.59. The van der Waals surface area contributed by atoms with Gasteiger partial charge < -0.3 is 0 Å². The molecular formula is C16H16FN5S. The molecule has 0 saturated carbocycles. The normalized spacial score (nSPS) is 10.9. The number of hydrogen-bond donors (Lipinski definition) is 1. The summed E-state index contributed by atoms with van der Waals surface area (Å²) in [7, 11) is 0. The van der Waals surface area contributed by atoms with Crippen molar-refractivity contribution in [2.75, 3.05) is 6.54 Å². The van der Waals surface area contributed by atoms with Gasteiger partial charge in [-0.1, -0.05) is 19.1 Å². The molecule has 0 bridgehead atoms. The van der Waals surface area contributed by atoms with Gasteiger partial charge in [-0.05, 0) is 59.1 Å². The van der Waals surface area contributed by atoms with Crippen LogP contribution < -0.4 is 4.72 Å². The highest BCUT2D eigenvalue weighted by Gasteiger charge is 2.07. The molecule has 0 atom stereocenters. The van der Waals surface area contributed by atoms with Crippen LogP contribution in [0.5, 0.6) is 0 Å². The van der Waals surface area contributed by atoms with E-state index in [2.05, 4.69) is 27.1 Å². The van der Waals surface area contributed by atoms with Gasteiger partial charge in [-0.3, -0.25) is 4.72 Å². The molecule has 1 N–H and O–H groups in total. The molecule has 3 rings (SSSR count). The maximum absolute atomic E-state index is 12.9. The summed E-state index contributed by atoms with van der Waals surface area (Å²) < 4.78 is 16.1. The van der Waals surface area contributed by atoms with E-state index in [4.69, 9.17) is 0 Å². The zero-order valence-corrected chi connectivity index (χ0v) is 13.4. The Labute approximate surface area is 138 Å². The Hall–Kier alpha value is -2.25. The minimum atomic E-state index is -0.253. The van der Waals surface area contributed by atoms with Gasteiger partial charge in [0.1, 0.15) is 5.82 Å². The fraction of sp³-hybridized carbons (Fsp3) is 0.188. The molecule has 5 nitrogen and oxygen atoms in total. The lowest BCUT2D eigenvalue weighted by atomic mass is 10.2. The van der Waals surface area contributed by atoms with Crippen molar-refractivity contribution in [2.24, 2.45) is 0 Å². The van der Waals surface area contributed by atoms with Crippen LogP contribution in [0.15, 0.2) is 53.4 Å². The van der Waals surface area contributed by atoms with Gasteiger partial charge in [0.2, 0.25) is 5.82 Å². The molecule has 3 aromatic rings. The molecule has 23 heavy (non-hydrogen) atoms. The van der Waals surface area contributed by atoms with E-state index < -0.39 is 0 Å². The molecule has 0 amide bonds. The summed E-state index contributed by atoms with van der Waals surface area (Å²) in [6.07, 6.45) is 0. The zero-order valence-electron chi connectivity index (χ0n) is 12.6. The lowest BCUT2D eigenvalue weighted by molar-refractivity contribution is 0.570. The van der Waals surface area contributed by atoms with Crippen molar-refractivity contribution in [3.8, 4) is 11.4 Å². The Bertz CT molecular complexity index is 755. The van der Waals surface area contributed by atoms with Crippen molar-refractivity contribution < 1.29 is 4.39 Å². The van der Waals surface area contributed by atoms with E-state index in [1.54, 1.807) is 24.1 Å². The van der Waals surface area contributed by atoms with Gasteiger partial charge in [-0.2, -0.15) is 4.80 Å². The average Bonchev–Trinajstić information content (AvgIpc) is 3.04. The molecule has 2 aromatic carbocycles. The van der Waals surface area contributed by atoms with Crippen LogP contribution in [0.1, 0.15) is 12.5 Å². The van der Waals surface area contributed by atoms with E-state index in [-0.39, 0.29) is 5.82 Å². The molecule has 0 aliphatic carbocycles. The Morgan fingerprint density at radius 1 is 1.09 bits per heavy atom. The second-order valence-corrected chi connectivity index (χ2v) is 5.86. The molecular weight excluding hydrogens is 313 g/mol. The van der Waals surface area contributed by atoms with Crippen LogP contribution in [0.25, 0.3) is 11.4 Å². The van der Waals surface area contributed by atoms with Gasteiger partial charge in [0.15, 0.2) is 0 Å². The van der Waals surface area contributed by atoms with Gasteiger partial charge in [-0.15, -0.1) is 10.2 Å². The number of rotatable bonds is 6. The standard InChI is InChI=1S/C16H16FN5S/c1-2-18-23-15-9-5-13(6-10-15)16-19-21-22(20-16)11-12-3-7-14(17)8-4-12/h3-10,18H,2,11H2,1H3.